The number of hydrogen-bond acceptors (Lipinski definition) is 2. The van der Waals surface area contributed by atoms with E-state index in [0.717, 1.165) is 35.8 Å². The van der Waals surface area contributed by atoms with Gasteiger partial charge in [-0.15, -0.1) is 0 Å². The van der Waals surface area contributed by atoms with E-state index in [0.29, 0.717) is 6.04 Å². The lowest BCUT2D eigenvalue weighted by molar-refractivity contribution is 0.100. The Balaban J connectivity index is 2.71. The summed E-state index contributed by atoms with van der Waals surface area (Å²) in [5, 5.41) is 3.51. The summed E-state index contributed by atoms with van der Waals surface area (Å²) in [7, 11) is 1.72. The average molecular weight is 332 g/mol. The lowest BCUT2D eigenvalue weighted by Crippen LogP contribution is -2.35. The first-order valence-electron chi connectivity index (χ1n) is 6.76. The van der Waals surface area contributed by atoms with Crippen molar-refractivity contribution in [1.82, 2.24) is 5.32 Å². The number of ether oxygens (including phenoxy) is 1. The number of benzene rings is 1. The van der Waals surface area contributed by atoms with Crippen molar-refractivity contribution in [3.05, 3.63) is 34.1 Å². The second-order valence-electron chi connectivity index (χ2n) is 4.87. The van der Waals surface area contributed by atoms with E-state index in [4.69, 9.17) is 4.74 Å². The molecule has 1 rings (SSSR count). The molecule has 0 fully saturated rings. The van der Waals surface area contributed by atoms with Gasteiger partial charge in [-0.05, 0) is 56.5 Å². The lowest BCUT2D eigenvalue weighted by atomic mass is 10.0. The van der Waals surface area contributed by atoms with Gasteiger partial charge in [-0.25, -0.2) is 4.39 Å². The van der Waals surface area contributed by atoms with Crippen LogP contribution in [0.1, 0.15) is 32.3 Å². The molecule has 1 aromatic rings. The van der Waals surface area contributed by atoms with Gasteiger partial charge < -0.3 is 10.1 Å². The van der Waals surface area contributed by atoms with Crippen LogP contribution < -0.4 is 5.32 Å². The molecule has 0 amide bonds. The zero-order valence-electron chi connectivity index (χ0n) is 11.9. The third-order valence-electron chi connectivity index (χ3n) is 3.18. The normalized spacial score (nSPS) is 14.4. The van der Waals surface area contributed by atoms with E-state index >= 15 is 0 Å². The Kier molecular flexibility index (Phi) is 7.57. The van der Waals surface area contributed by atoms with Gasteiger partial charge in [0.2, 0.25) is 0 Å². The summed E-state index contributed by atoms with van der Waals surface area (Å²) < 4.78 is 19.6. The summed E-state index contributed by atoms with van der Waals surface area (Å²) in [4.78, 5) is 0. The molecule has 0 aromatic heterocycles. The van der Waals surface area contributed by atoms with Crippen LogP contribution in [-0.4, -0.2) is 25.8 Å². The number of hydrogen-bond donors (Lipinski definition) is 1. The van der Waals surface area contributed by atoms with Crippen molar-refractivity contribution in [2.24, 2.45) is 0 Å². The van der Waals surface area contributed by atoms with Gasteiger partial charge >= 0.3 is 0 Å². The van der Waals surface area contributed by atoms with Crippen molar-refractivity contribution in [1.29, 1.82) is 0 Å². The third-order valence-corrected chi connectivity index (χ3v) is 3.95. The minimum Gasteiger partial charge on any atom is -0.382 e. The van der Waals surface area contributed by atoms with Gasteiger partial charge in [0.25, 0.3) is 0 Å². The molecule has 19 heavy (non-hydrogen) atoms. The number of methoxy groups -OCH3 is 1. The van der Waals surface area contributed by atoms with Crippen LogP contribution in [0.3, 0.4) is 0 Å². The zero-order chi connectivity index (χ0) is 14.3. The van der Waals surface area contributed by atoms with E-state index in [1.807, 2.05) is 0 Å². The molecule has 4 heteroatoms. The van der Waals surface area contributed by atoms with Crippen LogP contribution in [0.5, 0.6) is 0 Å². The molecule has 2 nitrogen and oxygen atoms in total. The highest BCUT2D eigenvalue weighted by molar-refractivity contribution is 9.10. The van der Waals surface area contributed by atoms with Crippen molar-refractivity contribution >= 4 is 15.9 Å². The molecule has 0 aliphatic carbocycles. The van der Waals surface area contributed by atoms with E-state index in [9.17, 15) is 4.39 Å². The van der Waals surface area contributed by atoms with E-state index in [-0.39, 0.29) is 11.9 Å². The summed E-state index contributed by atoms with van der Waals surface area (Å²) in [6.45, 7) is 5.16. The summed E-state index contributed by atoms with van der Waals surface area (Å²) in [6, 6.07) is 5.14. The number of nitrogens with one attached hydrogen (secondary N) is 1. The van der Waals surface area contributed by atoms with Crippen LogP contribution in [0.2, 0.25) is 0 Å². The molecule has 0 aliphatic rings. The topological polar surface area (TPSA) is 21.3 Å². The van der Waals surface area contributed by atoms with Crippen molar-refractivity contribution in [3.63, 3.8) is 0 Å². The highest BCUT2D eigenvalue weighted by Gasteiger charge is 2.15. The largest absolute Gasteiger partial charge is 0.382 e. The van der Waals surface area contributed by atoms with Crippen LogP contribution in [0.15, 0.2) is 22.7 Å². The highest BCUT2D eigenvalue weighted by atomic mass is 79.9. The van der Waals surface area contributed by atoms with Gasteiger partial charge in [0.1, 0.15) is 5.82 Å². The summed E-state index contributed by atoms with van der Waals surface area (Å²) in [5.74, 6) is -0.188. The first-order valence-corrected chi connectivity index (χ1v) is 7.56. The van der Waals surface area contributed by atoms with Crippen molar-refractivity contribution < 1.29 is 9.13 Å². The fraction of sp³-hybridized carbons (Fsp3) is 0.600. The fourth-order valence-corrected chi connectivity index (χ4v) is 2.46. The molecule has 1 aromatic carbocycles. The Morgan fingerprint density at radius 1 is 1.42 bits per heavy atom. The maximum Gasteiger partial charge on any atom is 0.123 e. The average Bonchev–Trinajstić information content (AvgIpc) is 2.39. The predicted octanol–water partition coefficient (Wildman–Crippen LogP) is 3.92. The van der Waals surface area contributed by atoms with Gasteiger partial charge in [-0.3, -0.25) is 0 Å². The second kappa shape index (κ2) is 8.67. The monoisotopic (exact) mass is 331 g/mol. The molecule has 2 unspecified atom stereocenters. The SMILES string of the molecule is CCCNC(Cc1cc(F)ccc1Br)CC(C)OC. The van der Waals surface area contributed by atoms with Gasteiger partial charge in [0, 0.05) is 17.6 Å². The molecule has 2 atom stereocenters. The standard InChI is InChI=1S/C15H23BrFNO/c1-4-7-18-14(8-11(2)19-3)10-12-9-13(17)5-6-15(12)16/h5-6,9,11,14,18H,4,7-8,10H2,1-3H3. The quantitative estimate of drug-likeness (QED) is 0.779. The molecule has 0 aliphatic heterocycles. The Hall–Kier alpha value is -0.450. The van der Waals surface area contributed by atoms with Gasteiger partial charge in [0.05, 0.1) is 6.10 Å². The summed E-state index contributed by atoms with van der Waals surface area (Å²) >= 11 is 3.48. The molecular weight excluding hydrogens is 309 g/mol. The van der Waals surface area contributed by atoms with Gasteiger partial charge in [0.15, 0.2) is 0 Å². The fourth-order valence-electron chi connectivity index (χ4n) is 2.05. The summed E-state index contributed by atoms with van der Waals surface area (Å²) in [6.07, 6.45) is 3.00. The predicted molar refractivity (Wildman–Crippen MR) is 81.0 cm³/mol. The lowest BCUT2D eigenvalue weighted by Gasteiger charge is -2.22. The molecular formula is C15H23BrFNO. The van der Waals surface area contributed by atoms with E-state index in [2.05, 4.69) is 35.1 Å². The van der Waals surface area contributed by atoms with E-state index in [1.54, 1.807) is 19.2 Å². The Labute approximate surface area is 123 Å². The Bertz CT molecular complexity index is 386. The minimum atomic E-state index is -0.188. The second-order valence-corrected chi connectivity index (χ2v) is 5.73. The summed E-state index contributed by atoms with van der Waals surface area (Å²) in [5.41, 5.74) is 0.997. The van der Waals surface area contributed by atoms with Crippen LogP contribution in [0.4, 0.5) is 4.39 Å². The molecule has 0 radical (unpaired) electrons. The molecule has 0 heterocycles. The number of halogens is 2. The Morgan fingerprint density at radius 3 is 2.79 bits per heavy atom. The maximum atomic E-state index is 13.3. The van der Waals surface area contributed by atoms with Gasteiger partial charge in [-0.2, -0.15) is 0 Å². The minimum absolute atomic E-state index is 0.188. The van der Waals surface area contributed by atoms with E-state index < -0.39 is 0 Å². The van der Waals surface area contributed by atoms with Gasteiger partial charge in [-0.1, -0.05) is 22.9 Å². The van der Waals surface area contributed by atoms with Crippen LogP contribution in [0.25, 0.3) is 0 Å². The first kappa shape index (κ1) is 16.6. The van der Waals surface area contributed by atoms with Crippen molar-refractivity contribution in [2.45, 2.75) is 45.3 Å². The van der Waals surface area contributed by atoms with Crippen LogP contribution in [0, 0.1) is 5.82 Å². The molecule has 0 saturated heterocycles. The molecule has 108 valence electrons. The van der Waals surface area contributed by atoms with E-state index in [1.165, 1.54) is 6.07 Å². The van der Waals surface area contributed by atoms with Crippen molar-refractivity contribution in [2.75, 3.05) is 13.7 Å². The maximum absolute atomic E-state index is 13.3. The van der Waals surface area contributed by atoms with Crippen molar-refractivity contribution in [3.8, 4) is 0 Å². The Morgan fingerprint density at radius 2 is 2.16 bits per heavy atom. The molecule has 1 N–H and O–H groups in total. The number of rotatable bonds is 8. The van der Waals surface area contributed by atoms with Crippen LogP contribution >= 0.6 is 15.9 Å². The first-order chi connectivity index (χ1) is 9.06. The molecule has 0 bridgehead atoms. The van der Waals surface area contributed by atoms with Crippen LogP contribution in [-0.2, 0) is 11.2 Å². The molecule has 0 spiro atoms. The third kappa shape index (κ3) is 6.02. The smallest absolute Gasteiger partial charge is 0.123 e. The molecule has 0 saturated carbocycles. The zero-order valence-corrected chi connectivity index (χ0v) is 13.5. The highest BCUT2D eigenvalue weighted by Crippen LogP contribution is 2.20.